The van der Waals surface area contributed by atoms with Crippen molar-refractivity contribution in [1.82, 2.24) is 10.2 Å². The van der Waals surface area contributed by atoms with Gasteiger partial charge in [0.2, 0.25) is 11.8 Å². The third-order valence-electron chi connectivity index (χ3n) is 7.91. The maximum absolute atomic E-state index is 15.1. The smallest absolute Gasteiger partial charge is 0.264 e. The number of rotatable bonds is 15. The predicted octanol–water partition coefficient (Wildman–Crippen LogP) is 6.25. The van der Waals surface area contributed by atoms with Crippen LogP contribution < -0.4 is 19.1 Å². The lowest BCUT2D eigenvalue weighted by atomic mass is 10.0. The van der Waals surface area contributed by atoms with Gasteiger partial charge in [0.15, 0.2) is 11.5 Å². The van der Waals surface area contributed by atoms with E-state index in [1.807, 2.05) is 44.2 Å². The molecule has 0 aromatic heterocycles. The summed E-state index contributed by atoms with van der Waals surface area (Å²) in [6.07, 6.45) is 0.742. The van der Waals surface area contributed by atoms with Crippen LogP contribution in [0.1, 0.15) is 31.4 Å². The van der Waals surface area contributed by atoms with E-state index in [1.165, 1.54) is 79.8 Å². The number of amides is 2. The number of carbonyl (C=O) groups is 2. The van der Waals surface area contributed by atoms with Crippen LogP contribution in [0.15, 0.2) is 102 Å². The Morgan fingerprint density at radius 2 is 1.54 bits per heavy atom. The number of nitrogens with one attached hydrogen (secondary N) is 1. The van der Waals surface area contributed by atoms with E-state index < -0.39 is 40.2 Å². The van der Waals surface area contributed by atoms with Crippen LogP contribution >= 0.6 is 11.6 Å². The van der Waals surface area contributed by atoms with Crippen molar-refractivity contribution in [2.24, 2.45) is 0 Å². The van der Waals surface area contributed by atoms with Gasteiger partial charge in [-0.25, -0.2) is 12.8 Å². The number of ether oxygens (including phenoxy) is 2. The molecular formula is C36H39ClFN3O6S. The molecule has 0 saturated heterocycles. The molecule has 0 heterocycles. The average Bonchev–Trinajstić information content (AvgIpc) is 3.09. The molecule has 0 aliphatic heterocycles. The van der Waals surface area contributed by atoms with Gasteiger partial charge in [0, 0.05) is 35.7 Å². The predicted molar refractivity (Wildman–Crippen MR) is 184 cm³/mol. The summed E-state index contributed by atoms with van der Waals surface area (Å²) in [5.41, 5.74) is 1.08. The summed E-state index contributed by atoms with van der Waals surface area (Å²) >= 11 is 6.14. The molecule has 4 rings (SSSR count). The number of anilines is 1. The minimum atomic E-state index is -4.43. The summed E-state index contributed by atoms with van der Waals surface area (Å²) in [7, 11) is -1.62. The standard InChI is InChI=1S/C36H39ClFN3O6S/c1-5-25(2)39-36(43)32(21-26-11-7-6-8-12-26)40(23-27-13-9-10-14-31(27)38)35(42)24-41(29-17-15-28(37)16-18-29)48(44,45)30-19-20-33(46-3)34(22-30)47-4/h6-20,22,25,32H,5,21,23-24H2,1-4H3,(H,39,43)/t25-,32-/m0/s1. The zero-order valence-corrected chi connectivity index (χ0v) is 28.8. The molecule has 0 aliphatic rings. The molecule has 254 valence electrons. The highest BCUT2D eigenvalue weighted by Gasteiger charge is 2.35. The lowest BCUT2D eigenvalue weighted by molar-refractivity contribution is -0.140. The molecule has 9 nitrogen and oxygen atoms in total. The van der Waals surface area contributed by atoms with E-state index in [4.69, 9.17) is 21.1 Å². The first kappa shape index (κ1) is 36.2. The number of methoxy groups -OCH3 is 2. The van der Waals surface area contributed by atoms with Crippen LogP contribution in [0.5, 0.6) is 11.5 Å². The van der Waals surface area contributed by atoms with Crippen LogP contribution in [0.3, 0.4) is 0 Å². The van der Waals surface area contributed by atoms with Gasteiger partial charge in [-0.05, 0) is 61.4 Å². The van der Waals surface area contributed by atoms with Crippen LogP contribution in [0, 0.1) is 5.82 Å². The lowest BCUT2D eigenvalue weighted by Crippen LogP contribution is -2.54. The SMILES string of the molecule is CC[C@H](C)NC(=O)[C@H](Cc1ccccc1)N(Cc1ccccc1F)C(=O)CN(c1ccc(Cl)cc1)S(=O)(=O)c1ccc(OC)c(OC)c1. The van der Waals surface area contributed by atoms with E-state index in [0.29, 0.717) is 17.2 Å². The molecule has 48 heavy (non-hydrogen) atoms. The molecule has 12 heteroatoms. The monoisotopic (exact) mass is 695 g/mol. The lowest BCUT2D eigenvalue weighted by Gasteiger charge is -2.34. The Bertz CT molecular complexity index is 1810. The van der Waals surface area contributed by atoms with Crippen molar-refractivity contribution in [2.45, 2.75) is 50.2 Å². The number of carbonyl (C=O) groups excluding carboxylic acids is 2. The Morgan fingerprint density at radius 3 is 2.17 bits per heavy atom. The number of halogens is 2. The summed E-state index contributed by atoms with van der Waals surface area (Å²) in [5.74, 6) is -1.25. The van der Waals surface area contributed by atoms with Crippen molar-refractivity contribution in [3.63, 3.8) is 0 Å². The molecule has 2 amide bonds. The van der Waals surface area contributed by atoms with Crippen LogP contribution in [-0.4, -0.2) is 58.0 Å². The third-order valence-corrected chi connectivity index (χ3v) is 9.93. The Balaban J connectivity index is 1.84. The Morgan fingerprint density at radius 1 is 0.896 bits per heavy atom. The Kier molecular flexibility index (Phi) is 12.4. The average molecular weight is 696 g/mol. The zero-order chi connectivity index (χ0) is 34.8. The molecule has 0 aliphatic carbocycles. The van der Waals surface area contributed by atoms with E-state index in [9.17, 15) is 18.0 Å². The second-order valence-electron chi connectivity index (χ2n) is 11.1. The van der Waals surface area contributed by atoms with Gasteiger partial charge in [-0.1, -0.05) is 67.1 Å². The van der Waals surface area contributed by atoms with Crippen LogP contribution in [0.4, 0.5) is 10.1 Å². The highest BCUT2D eigenvalue weighted by molar-refractivity contribution is 7.92. The van der Waals surface area contributed by atoms with E-state index in [2.05, 4.69) is 5.32 Å². The molecule has 1 N–H and O–H groups in total. The Labute approximate surface area is 286 Å². The third kappa shape index (κ3) is 8.84. The number of nitrogens with zero attached hydrogens (tertiary/aromatic N) is 2. The van der Waals surface area contributed by atoms with E-state index in [-0.39, 0.29) is 40.9 Å². The normalized spacial score (nSPS) is 12.5. The fourth-order valence-corrected chi connectivity index (χ4v) is 6.60. The molecule has 0 bridgehead atoms. The molecule has 4 aromatic rings. The molecule has 0 spiro atoms. The summed E-state index contributed by atoms with van der Waals surface area (Å²) in [5, 5.41) is 3.32. The van der Waals surface area contributed by atoms with Gasteiger partial charge >= 0.3 is 0 Å². The van der Waals surface area contributed by atoms with E-state index in [0.717, 1.165) is 9.87 Å². The van der Waals surface area contributed by atoms with Gasteiger partial charge < -0.3 is 19.7 Å². The van der Waals surface area contributed by atoms with Gasteiger partial charge in [0.1, 0.15) is 18.4 Å². The number of hydrogen-bond acceptors (Lipinski definition) is 6. The van der Waals surface area contributed by atoms with Gasteiger partial charge in [-0.2, -0.15) is 0 Å². The number of sulfonamides is 1. The van der Waals surface area contributed by atoms with E-state index in [1.54, 1.807) is 6.07 Å². The van der Waals surface area contributed by atoms with Gasteiger partial charge in [0.25, 0.3) is 10.0 Å². The topological polar surface area (TPSA) is 105 Å². The molecule has 2 atom stereocenters. The maximum atomic E-state index is 15.1. The second-order valence-corrected chi connectivity index (χ2v) is 13.4. The molecule has 4 aromatic carbocycles. The molecule has 0 unspecified atom stereocenters. The molecular weight excluding hydrogens is 657 g/mol. The molecule has 0 radical (unpaired) electrons. The van der Waals surface area contributed by atoms with Gasteiger partial charge in [-0.15, -0.1) is 0 Å². The zero-order valence-electron chi connectivity index (χ0n) is 27.2. The van der Waals surface area contributed by atoms with Crippen molar-refractivity contribution in [3.05, 3.63) is 119 Å². The van der Waals surface area contributed by atoms with Crippen LogP contribution in [0.2, 0.25) is 5.02 Å². The van der Waals surface area contributed by atoms with Gasteiger partial charge in [0.05, 0.1) is 24.8 Å². The van der Waals surface area contributed by atoms with Crippen molar-refractivity contribution in [1.29, 1.82) is 0 Å². The summed E-state index contributed by atoms with van der Waals surface area (Å²) in [6, 6.07) is 23.8. The highest BCUT2D eigenvalue weighted by Crippen LogP contribution is 2.33. The van der Waals surface area contributed by atoms with Gasteiger partial charge in [-0.3, -0.25) is 13.9 Å². The summed E-state index contributed by atoms with van der Waals surface area (Å²) in [4.78, 5) is 29.5. The molecule has 0 fully saturated rings. The molecule has 0 saturated carbocycles. The summed E-state index contributed by atoms with van der Waals surface area (Å²) in [6.45, 7) is 2.76. The first-order valence-corrected chi connectivity index (χ1v) is 17.2. The van der Waals surface area contributed by atoms with Crippen LogP contribution in [-0.2, 0) is 32.6 Å². The first-order chi connectivity index (χ1) is 23.0. The minimum absolute atomic E-state index is 0.104. The second kappa shape index (κ2) is 16.5. The van der Waals surface area contributed by atoms with E-state index >= 15 is 4.39 Å². The van der Waals surface area contributed by atoms with Crippen molar-refractivity contribution in [3.8, 4) is 11.5 Å². The fourth-order valence-electron chi connectivity index (χ4n) is 5.05. The Hall–Kier alpha value is -4.61. The fraction of sp³-hybridized carbons (Fsp3) is 0.278. The maximum Gasteiger partial charge on any atom is 0.264 e. The number of benzene rings is 4. The highest BCUT2D eigenvalue weighted by atomic mass is 35.5. The minimum Gasteiger partial charge on any atom is -0.493 e. The number of hydrogen-bond donors (Lipinski definition) is 1. The largest absolute Gasteiger partial charge is 0.493 e. The van der Waals surface area contributed by atoms with Crippen molar-refractivity contribution >= 4 is 39.1 Å². The summed E-state index contributed by atoms with van der Waals surface area (Å²) < 4.78 is 55.3. The van der Waals surface area contributed by atoms with Crippen molar-refractivity contribution in [2.75, 3.05) is 25.1 Å². The van der Waals surface area contributed by atoms with Crippen molar-refractivity contribution < 1.29 is 31.9 Å². The first-order valence-electron chi connectivity index (χ1n) is 15.4. The van der Waals surface area contributed by atoms with Crippen LogP contribution in [0.25, 0.3) is 0 Å². The quantitative estimate of drug-likeness (QED) is 0.158.